The number of nitrogens with zero attached hydrogens (tertiary/aromatic N) is 1. The van der Waals surface area contributed by atoms with Crippen LogP contribution in [0, 0.1) is 0 Å². The van der Waals surface area contributed by atoms with Gasteiger partial charge < -0.3 is 10.2 Å². The summed E-state index contributed by atoms with van der Waals surface area (Å²) in [6.07, 6.45) is 0. The fourth-order valence-electron chi connectivity index (χ4n) is 1.68. The summed E-state index contributed by atoms with van der Waals surface area (Å²) in [5.41, 5.74) is 0. The molecule has 1 aromatic rings. The van der Waals surface area contributed by atoms with Gasteiger partial charge in [-0.25, -0.2) is 0 Å². The van der Waals surface area contributed by atoms with Gasteiger partial charge in [0.25, 0.3) is 5.91 Å². The first-order chi connectivity index (χ1) is 6.79. The molecular formula is C10H14N2OS. The van der Waals surface area contributed by atoms with Crippen molar-refractivity contribution >= 4 is 17.2 Å². The van der Waals surface area contributed by atoms with Crippen LogP contribution in [0.4, 0.5) is 0 Å². The summed E-state index contributed by atoms with van der Waals surface area (Å²) in [5.74, 6) is 0.175. The van der Waals surface area contributed by atoms with E-state index in [0.29, 0.717) is 6.04 Å². The van der Waals surface area contributed by atoms with E-state index in [1.54, 1.807) is 0 Å². The first kappa shape index (κ1) is 9.68. The monoisotopic (exact) mass is 210 g/mol. The average molecular weight is 210 g/mol. The van der Waals surface area contributed by atoms with E-state index in [0.717, 1.165) is 24.5 Å². The molecule has 1 fully saturated rings. The van der Waals surface area contributed by atoms with E-state index >= 15 is 0 Å². The van der Waals surface area contributed by atoms with Crippen molar-refractivity contribution in [2.75, 3.05) is 19.6 Å². The Labute approximate surface area is 87.7 Å². The third-order valence-corrected chi connectivity index (χ3v) is 3.35. The first-order valence-corrected chi connectivity index (χ1v) is 5.72. The standard InChI is InChI=1S/C10H14N2OS/c1-8-7-11-4-5-12(8)10(13)9-3-2-6-14-9/h2-3,6,8,11H,4-5,7H2,1H3/t8-/m1/s1. The molecule has 1 atom stereocenters. The van der Waals surface area contributed by atoms with Gasteiger partial charge in [0.05, 0.1) is 4.88 Å². The van der Waals surface area contributed by atoms with Crippen LogP contribution in [0.25, 0.3) is 0 Å². The lowest BCUT2D eigenvalue weighted by Crippen LogP contribution is -2.52. The molecule has 0 aromatic carbocycles. The van der Waals surface area contributed by atoms with E-state index < -0.39 is 0 Å². The lowest BCUT2D eigenvalue weighted by Gasteiger charge is -2.33. The van der Waals surface area contributed by atoms with Crippen LogP contribution >= 0.6 is 11.3 Å². The Kier molecular flexibility index (Phi) is 2.84. The summed E-state index contributed by atoms with van der Waals surface area (Å²) in [6, 6.07) is 4.12. The van der Waals surface area contributed by atoms with Crippen LogP contribution in [0.1, 0.15) is 16.6 Å². The van der Waals surface area contributed by atoms with Gasteiger partial charge in [0.1, 0.15) is 0 Å². The van der Waals surface area contributed by atoms with E-state index in [4.69, 9.17) is 0 Å². The zero-order valence-corrected chi connectivity index (χ0v) is 9.01. The summed E-state index contributed by atoms with van der Waals surface area (Å²) in [7, 11) is 0. The van der Waals surface area contributed by atoms with Crippen molar-refractivity contribution in [3.05, 3.63) is 22.4 Å². The second-order valence-electron chi connectivity index (χ2n) is 3.53. The largest absolute Gasteiger partial charge is 0.333 e. The number of carbonyl (C=O) groups is 1. The minimum atomic E-state index is 0.175. The molecule has 1 aliphatic rings. The number of amides is 1. The van der Waals surface area contributed by atoms with Crippen LogP contribution in [-0.4, -0.2) is 36.5 Å². The zero-order valence-electron chi connectivity index (χ0n) is 8.19. The maximum absolute atomic E-state index is 12.0. The quantitative estimate of drug-likeness (QED) is 0.755. The van der Waals surface area contributed by atoms with Gasteiger partial charge in [0, 0.05) is 25.7 Å². The van der Waals surface area contributed by atoms with Crippen molar-refractivity contribution in [2.45, 2.75) is 13.0 Å². The number of piperazine rings is 1. The van der Waals surface area contributed by atoms with Crippen molar-refractivity contribution < 1.29 is 4.79 Å². The molecule has 0 saturated carbocycles. The summed E-state index contributed by atoms with van der Waals surface area (Å²) >= 11 is 1.52. The van der Waals surface area contributed by atoms with Gasteiger partial charge in [0.15, 0.2) is 0 Å². The first-order valence-electron chi connectivity index (χ1n) is 4.84. The summed E-state index contributed by atoms with van der Waals surface area (Å²) in [4.78, 5) is 14.8. The molecule has 1 N–H and O–H groups in total. The Morgan fingerprint density at radius 2 is 2.57 bits per heavy atom. The number of rotatable bonds is 1. The number of hydrogen-bond acceptors (Lipinski definition) is 3. The zero-order chi connectivity index (χ0) is 9.97. The van der Waals surface area contributed by atoms with E-state index in [9.17, 15) is 4.79 Å². The second-order valence-corrected chi connectivity index (χ2v) is 4.48. The SMILES string of the molecule is C[C@@H]1CNCCN1C(=O)c1cccs1. The van der Waals surface area contributed by atoms with E-state index in [1.807, 2.05) is 22.4 Å². The Morgan fingerprint density at radius 3 is 3.21 bits per heavy atom. The highest BCUT2D eigenvalue weighted by atomic mass is 32.1. The Hall–Kier alpha value is -0.870. The lowest BCUT2D eigenvalue weighted by molar-refractivity contribution is 0.0661. The molecule has 0 radical (unpaired) electrons. The van der Waals surface area contributed by atoms with Crippen molar-refractivity contribution in [3.8, 4) is 0 Å². The summed E-state index contributed by atoms with van der Waals surface area (Å²) in [6.45, 7) is 4.70. The molecule has 0 spiro atoms. The minimum absolute atomic E-state index is 0.175. The Bertz CT molecular complexity index is 310. The molecule has 0 aliphatic carbocycles. The fourth-order valence-corrected chi connectivity index (χ4v) is 2.36. The molecular weight excluding hydrogens is 196 g/mol. The van der Waals surface area contributed by atoms with Gasteiger partial charge in [-0.15, -0.1) is 11.3 Å². The van der Waals surface area contributed by atoms with Crippen LogP contribution in [0.5, 0.6) is 0 Å². The van der Waals surface area contributed by atoms with Gasteiger partial charge in [-0.3, -0.25) is 4.79 Å². The van der Waals surface area contributed by atoms with Crippen LogP contribution in [0.15, 0.2) is 17.5 Å². The number of carbonyl (C=O) groups excluding carboxylic acids is 1. The van der Waals surface area contributed by atoms with Crippen molar-refractivity contribution in [2.24, 2.45) is 0 Å². The fraction of sp³-hybridized carbons (Fsp3) is 0.500. The second kappa shape index (κ2) is 4.11. The highest BCUT2D eigenvalue weighted by Gasteiger charge is 2.24. The van der Waals surface area contributed by atoms with Gasteiger partial charge in [-0.1, -0.05) is 6.07 Å². The van der Waals surface area contributed by atoms with Gasteiger partial charge in [-0.2, -0.15) is 0 Å². The summed E-state index contributed by atoms with van der Waals surface area (Å²) < 4.78 is 0. The third kappa shape index (κ3) is 1.81. The number of hydrogen-bond donors (Lipinski definition) is 1. The highest BCUT2D eigenvalue weighted by Crippen LogP contribution is 2.14. The maximum Gasteiger partial charge on any atom is 0.264 e. The molecule has 3 nitrogen and oxygen atoms in total. The molecule has 1 saturated heterocycles. The minimum Gasteiger partial charge on any atom is -0.333 e. The molecule has 1 amide bonds. The maximum atomic E-state index is 12.0. The summed E-state index contributed by atoms with van der Waals surface area (Å²) in [5, 5.41) is 5.22. The predicted molar refractivity (Wildman–Crippen MR) is 57.7 cm³/mol. The van der Waals surface area contributed by atoms with E-state index in [1.165, 1.54) is 11.3 Å². The van der Waals surface area contributed by atoms with E-state index in [-0.39, 0.29) is 5.91 Å². The Morgan fingerprint density at radius 1 is 1.71 bits per heavy atom. The topological polar surface area (TPSA) is 32.3 Å². The molecule has 2 heterocycles. The number of thiophene rings is 1. The number of nitrogens with one attached hydrogen (secondary N) is 1. The van der Waals surface area contributed by atoms with E-state index in [2.05, 4.69) is 12.2 Å². The normalized spacial score (nSPS) is 22.4. The molecule has 1 aliphatic heterocycles. The molecule has 1 aromatic heterocycles. The van der Waals surface area contributed by atoms with Crippen molar-refractivity contribution in [1.82, 2.24) is 10.2 Å². The van der Waals surface area contributed by atoms with Crippen LogP contribution in [-0.2, 0) is 0 Å². The highest BCUT2D eigenvalue weighted by molar-refractivity contribution is 7.12. The average Bonchev–Trinajstić information content (AvgIpc) is 2.70. The van der Waals surface area contributed by atoms with Crippen molar-refractivity contribution in [3.63, 3.8) is 0 Å². The van der Waals surface area contributed by atoms with Crippen LogP contribution in [0.2, 0.25) is 0 Å². The smallest absolute Gasteiger partial charge is 0.264 e. The Balaban J connectivity index is 2.10. The van der Waals surface area contributed by atoms with Gasteiger partial charge in [0.2, 0.25) is 0 Å². The van der Waals surface area contributed by atoms with Gasteiger partial charge in [-0.05, 0) is 18.4 Å². The van der Waals surface area contributed by atoms with Crippen molar-refractivity contribution in [1.29, 1.82) is 0 Å². The molecule has 14 heavy (non-hydrogen) atoms. The predicted octanol–water partition coefficient (Wildman–Crippen LogP) is 1.18. The molecule has 4 heteroatoms. The molecule has 0 unspecified atom stereocenters. The molecule has 76 valence electrons. The van der Waals surface area contributed by atoms with Crippen LogP contribution in [0.3, 0.4) is 0 Å². The molecule has 2 rings (SSSR count). The molecule has 0 bridgehead atoms. The van der Waals surface area contributed by atoms with Crippen LogP contribution < -0.4 is 5.32 Å². The lowest BCUT2D eigenvalue weighted by atomic mass is 10.2. The van der Waals surface area contributed by atoms with Gasteiger partial charge >= 0.3 is 0 Å². The third-order valence-electron chi connectivity index (χ3n) is 2.49.